The third-order valence-corrected chi connectivity index (χ3v) is 8.12. The van der Waals surface area contributed by atoms with Gasteiger partial charge < -0.3 is 13.9 Å². The van der Waals surface area contributed by atoms with E-state index in [1.165, 1.54) is 0 Å². The zero-order valence-electron chi connectivity index (χ0n) is 22.9. The van der Waals surface area contributed by atoms with Gasteiger partial charge in [-0.25, -0.2) is 9.79 Å². The fourth-order valence-electron chi connectivity index (χ4n) is 6.22. The number of aromatic nitrogens is 1. The number of anilines is 2. The molecule has 1 aliphatic heterocycles. The molecule has 0 spiro atoms. The van der Waals surface area contributed by atoms with Crippen molar-refractivity contribution in [3.05, 3.63) is 155 Å². The second-order valence-electron chi connectivity index (χ2n) is 10.5. The maximum absolute atomic E-state index is 13.0. The summed E-state index contributed by atoms with van der Waals surface area (Å²) in [5.74, 6) is 0. The minimum atomic E-state index is -0.347. The number of allylic oxidation sites excluding steroid dienone is 1. The number of aliphatic imine (C=N–C) groups is 1. The first-order valence-corrected chi connectivity index (χ1v) is 13.9. The Labute approximate surface area is 241 Å². The largest absolute Gasteiger partial charge is 0.422 e. The van der Waals surface area contributed by atoms with Crippen LogP contribution < -0.4 is 10.5 Å². The minimum Gasteiger partial charge on any atom is -0.422 e. The number of para-hydroxylation sites is 4. The van der Waals surface area contributed by atoms with E-state index in [0.29, 0.717) is 11.0 Å². The highest BCUT2D eigenvalue weighted by molar-refractivity contribution is 6.24. The first kappa shape index (κ1) is 24.1. The van der Waals surface area contributed by atoms with E-state index >= 15 is 0 Å². The minimum absolute atomic E-state index is 0.347. The summed E-state index contributed by atoms with van der Waals surface area (Å²) in [6.45, 7) is 6.57. The average molecular weight is 544 g/mol. The van der Waals surface area contributed by atoms with E-state index in [1.54, 1.807) is 0 Å². The Morgan fingerprint density at radius 2 is 1.40 bits per heavy atom. The molecule has 0 saturated carbocycles. The summed E-state index contributed by atoms with van der Waals surface area (Å²) in [5, 5.41) is 3.37. The van der Waals surface area contributed by atoms with Crippen molar-refractivity contribution in [3.63, 3.8) is 0 Å². The molecule has 1 aliphatic rings. The Morgan fingerprint density at radius 3 is 2.26 bits per heavy atom. The van der Waals surface area contributed by atoms with Gasteiger partial charge in [0.1, 0.15) is 5.58 Å². The zero-order chi connectivity index (χ0) is 28.4. The number of rotatable bonds is 3. The van der Waals surface area contributed by atoms with Gasteiger partial charge in [0, 0.05) is 38.8 Å². The van der Waals surface area contributed by atoms with Crippen LogP contribution in [0.4, 0.5) is 17.1 Å². The third kappa shape index (κ3) is 3.50. The molecule has 0 N–H and O–H groups in total. The van der Waals surface area contributed by atoms with Crippen molar-refractivity contribution >= 4 is 55.4 Å². The van der Waals surface area contributed by atoms with E-state index in [4.69, 9.17) is 9.41 Å². The molecule has 0 aliphatic carbocycles. The van der Waals surface area contributed by atoms with Crippen molar-refractivity contribution in [1.82, 2.24) is 4.57 Å². The molecule has 0 saturated heterocycles. The summed E-state index contributed by atoms with van der Waals surface area (Å²) in [4.78, 5) is 20.5. The van der Waals surface area contributed by atoms with Crippen LogP contribution in [-0.4, -0.2) is 10.3 Å². The lowest BCUT2D eigenvalue weighted by atomic mass is 10.1. The molecule has 200 valence electrons. The van der Waals surface area contributed by atoms with Gasteiger partial charge in [-0.15, -0.1) is 0 Å². The zero-order valence-corrected chi connectivity index (χ0v) is 22.9. The van der Waals surface area contributed by atoms with Gasteiger partial charge in [-0.3, -0.25) is 0 Å². The molecule has 42 heavy (non-hydrogen) atoms. The highest BCUT2D eigenvalue weighted by atomic mass is 16.4. The molecule has 3 heterocycles. The lowest BCUT2D eigenvalue weighted by Gasteiger charge is -2.20. The summed E-state index contributed by atoms with van der Waals surface area (Å²) in [7, 11) is 0. The van der Waals surface area contributed by atoms with E-state index < -0.39 is 0 Å². The number of nitrogens with zero attached hydrogens (tertiary/aromatic N) is 3. The molecule has 7 aromatic rings. The van der Waals surface area contributed by atoms with E-state index in [0.717, 1.165) is 67.1 Å². The lowest BCUT2D eigenvalue weighted by Crippen LogP contribution is -2.13. The Balaban J connectivity index is 1.34. The lowest BCUT2D eigenvalue weighted by molar-refractivity contribution is 0.569. The van der Waals surface area contributed by atoms with Crippen LogP contribution in [-0.2, 0) is 0 Å². The van der Waals surface area contributed by atoms with Crippen LogP contribution >= 0.6 is 0 Å². The fraction of sp³-hybridized carbons (Fsp3) is 0.0270. The van der Waals surface area contributed by atoms with Crippen LogP contribution in [0.25, 0.3) is 38.3 Å². The molecule has 0 fully saturated rings. The molecule has 5 nitrogen and oxygen atoms in total. The van der Waals surface area contributed by atoms with Gasteiger partial charge in [0.05, 0.1) is 33.7 Å². The Hall–Kier alpha value is -5.68. The Kier molecular flexibility index (Phi) is 5.28. The monoisotopic (exact) mass is 543 g/mol. The maximum atomic E-state index is 13.0. The molecular formula is C37H25N3O2. The SMILES string of the molecule is C=C1C(=Nc2c(C)n(-c3ccc4c(c3)c(=O)oc3ccccc34)c3ccccc23)c2ccccc2N1c1ccccc1. The summed E-state index contributed by atoms with van der Waals surface area (Å²) in [6, 6.07) is 40.4. The van der Waals surface area contributed by atoms with Crippen LogP contribution in [0.2, 0.25) is 0 Å². The van der Waals surface area contributed by atoms with E-state index in [-0.39, 0.29) is 5.63 Å². The molecular weight excluding hydrogens is 518 g/mol. The van der Waals surface area contributed by atoms with Gasteiger partial charge in [0.15, 0.2) is 0 Å². The highest BCUT2D eigenvalue weighted by Gasteiger charge is 2.30. The second kappa shape index (κ2) is 9.18. The summed E-state index contributed by atoms with van der Waals surface area (Å²) >= 11 is 0. The maximum Gasteiger partial charge on any atom is 0.344 e. The van der Waals surface area contributed by atoms with Crippen LogP contribution in [0.3, 0.4) is 0 Å². The normalized spacial score (nSPS) is 14.0. The van der Waals surface area contributed by atoms with Crippen LogP contribution in [0.5, 0.6) is 0 Å². The number of benzene rings is 5. The van der Waals surface area contributed by atoms with Gasteiger partial charge in [-0.2, -0.15) is 0 Å². The first-order valence-electron chi connectivity index (χ1n) is 13.9. The van der Waals surface area contributed by atoms with Crippen molar-refractivity contribution in [2.45, 2.75) is 6.92 Å². The number of hydrogen-bond donors (Lipinski definition) is 0. The number of hydrogen-bond acceptors (Lipinski definition) is 4. The summed E-state index contributed by atoms with van der Waals surface area (Å²) in [5.41, 5.74) is 8.78. The Morgan fingerprint density at radius 1 is 0.690 bits per heavy atom. The van der Waals surface area contributed by atoms with E-state index in [2.05, 4.69) is 65.4 Å². The molecule has 5 heteroatoms. The van der Waals surface area contributed by atoms with Crippen molar-refractivity contribution in [2.75, 3.05) is 4.90 Å². The topological polar surface area (TPSA) is 50.7 Å². The molecule has 0 bridgehead atoms. The standard InChI is InChI=1S/C37H25N3O2/c1-23-35(29-15-6-9-17-32(29)39(23)25-12-4-3-5-13-25)38-36-24(2)40(33-18-10-7-16-30(33)36)26-20-21-27-28-14-8-11-19-34(28)42-37(41)31(27)22-26/h3-22H,1H2,2H3. The van der Waals surface area contributed by atoms with E-state index in [9.17, 15) is 4.79 Å². The van der Waals surface area contributed by atoms with Crippen LogP contribution in [0.1, 0.15) is 11.3 Å². The highest BCUT2D eigenvalue weighted by Crippen LogP contribution is 2.43. The second-order valence-corrected chi connectivity index (χ2v) is 10.5. The predicted octanol–water partition coefficient (Wildman–Crippen LogP) is 8.98. The van der Waals surface area contributed by atoms with Crippen molar-refractivity contribution in [2.24, 2.45) is 4.99 Å². The van der Waals surface area contributed by atoms with Crippen molar-refractivity contribution < 1.29 is 4.42 Å². The molecule has 0 atom stereocenters. The first-order chi connectivity index (χ1) is 20.6. The molecule has 5 aromatic carbocycles. The summed E-state index contributed by atoms with van der Waals surface area (Å²) in [6.07, 6.45) is 0. The van der Waals surface area contributed by atoms with Gasteiger partial charge in [-0.1, -0.05) is 85.4 Å². The predicted molar refractivity (Wildman–Crippen MR) is 172 cm³/mol. The number of fused-ring (bicyclic) bond motifs is 5. The molecule has 0 unspecified atom stereocenters. The van der Waals surface area contributed by atoms with Gasteiger partial charge in [-0.05, 0) is 49.4 Å². The van der Waals surface area contributed by atoms with E-state index in [1.807, 2.05) is 78.9 Å². The Bertz CT molecular complexity index is 2310. The van der Waals surface area contributed by atoms with Crippen LogP contribution in [0, 0.1) is 6.92 Å². The van der Waals surface area contributed by atoms with Crippen molar-refractivity contribution in [1.29, 1.82) is 0 Å². The molecule has 2 aromatic heterocycles. The smallest absolute Gasteiger partial charge is 0.344 e. The van der Waals surface area contributed by atoms with Gasteiger partial charge >= 0.3 is 5.63 Å². The molecule has 8 rings (SSSR count). The van der Waals surface area contributed by atoms with Gasteiger partial charge in [0.2, 0.25) is 0 Å². The average Bonchev–Trinajstić information content (AvgIpc) is 3.47. The van der Waals surface area contributed by atoms with Crippen molar-refractivity contribution in [3.8, 4) is 5.69 Å². The van der Waals surface area contributed by atoms with Gasteiger partial charge in [0.25, 0.3) is 0 Å². The molecule has 0 radical (unpaired) electrons. The summed E-state index contributed by atoms with van der Waals surface area (Å²) < 4.78 is 7.84. The van der Waals surface area contributed by atoms with Crippen LogP contribution in [0.15, 0.2) is 148 Å². The third-order valence-electron chi connectivity index (χ3n) is 8.12. The fourth-order valence-corrected chi connectivity index (χ4v) is 6.22. The molecule has 0 amide bonds. The quantitative estimate of drug-likeness (QED) is 0.165.